The van der Waals surface area contributed by atoms with Gasteiger partial charge in [-0.25, -0.2) is 0 Å². The van der Waals surface area contributed by atoms with E-state index in [2.05, 4.69) is 53.5 Å². The van der Waals surface area contributed by atoms with E-state index in [-0.39, 0.29) is 11.3 Å². The van der Waals surface area contributed by atoms with Gasteiger partial charge in [-0.05, 0) is 41.5 Å². The van der Waals surface area contributed by atoms with Gasteiger partial charge in [0.25, 0.3) is 0 Å². The molecule has 3 heteroatoms. The quantitative estimate of drug-likeness (QED) is 0.724. The largest absolute Gasteiger partial charge is 0.327 e. The third-order valence-corrected chi connectivity index (χ3v) is 4.96. The first-order valence-electron chi connectivity index (χ1n) is 7.05. The van der Waals surface area contributed by atoms with Crippen molar-refractivity contribution >= 4 is 22.5 Å². The number of hydrogen-bond acceptors (Lipinski definition) is 3. The summed E-state index contributed by atoms with van der Waals surface area (Å²) in [6, 6.07) is 19.1. The molecule has 21 heavy (non-hydrogen) atoms. The number of hydrogen-bond donors (Lipinski definition) is 1. The van der Waals surface area contributed by atoms with Crippen LogP contribution >= 0.6 is 11.8 Å². The molecule has 0 saturated heterocycles. The summed E-state index contributed by atoms with van der Waals surface area (Å²) in [5.74, 6) is 0. The van der Waals surface area contributed by atoms with Crippen LogP contribution in [0.1, 0.15) is 17.7 Å². The van der Waals surface area contributed by atoms with Crippen molar-refractivity contribution in [3.63, 3.8) is 0 Å². The number of nitrogens with two attached hydrogens (primary N) is 1. The maximum absolute atomic E-state index is 6.18. The van der Waals surface area contributed by atoms with E-state index >= 15 is 0 Å². The fourth-order valence-electron chi connectivity index (χ4n) is 2.41. The van der Waals surface area contributed by atoms with Crippen LogP contribution in [0.3, 0.4) is 0 Å². The Hall–Kier alpha value is -1.84. The summed E-state index contributed by atoms with van der Waals surface area (Å²) in [5.41, 5.74) is 7.35. The third-order valence-electron chi connectivity index (χ3n) is 3.47. The fraction of sp³-hybridized carbons (Fsp3) is 0.167. The number of benzene rings is 2. The lowest BCUT2D eigenvalue weighted by Crippen LogP contribution is -2.22. The van der Waals surface area contributed by atoms with E-state index in [1.54, 1.807) is 18.0 Å². The van der Waals surface area contributed by atoms with Gasteiger partial charge in [-0.1, -0.05) is 36.4 Å². The number of fused-ring (bicyclic) bond motifs is 1. The number of pyridine rings is 1. The molecule has 3 rings (SSSR count). The van der Waals surface area contributed by atoms with E-state index < -0.39 is 0 Å². The van der Waals surface area contributed by atoms with Crippen LogP contribution in [-0.2, 0) is 0 Å². The summed E-state index contributed by atoms with van der Waals surface area (Å²) >= 11 is 1.80. The van der Waals surface area contributed by atoms with Crippen molar-refractivity contribution in [3.8, 4) is 0 Å². The molecule has 0 spiro atoms. The monoisotopic (exact) mass is 294 g/mol. The summed E-state index contributed by atoms with van der Waals surface area (Å²) in [4.78, 5) is 5.45. The van der Waals surface area contributed by atoms with Crippen LogP contribution in [0, 0.1) is 0 Å². The van der Waals surface area contributed by atoms with Crippen LogP contribution in [0.4, 0.5) is 0 Å². The molecule has 0 aliphatic carbocycles. The van der Waals surface area contributed by atoms with Crippen molar-refractivity contribution in [3.05, 3.63) is 72.6 Å². The lowest BCUT2D eigenvalue weighted by molar-refractivity contribution is 0.719. The van der Waals surface area contributed by atoms with Crippen LogP contribution in [0.25, 0.3) is 10.8 Å². The second kappa shape index (κ2) is 6.29. The summed E-state index contributed by atoms with van der Waals surface area (Å²) in [5, 5.41) is 2.73. The number of aromatic nitrogens is 1. The van der Waals surface area contributed by atoms with Crippen LogP contribution in [0.2, 0.25) is 0 Å². The highest BCUT2D eigenvalue weighted by atomic mass is 32.2. The van der Waals surface area contributed by atoms with E-state index in [0.29, 0.717) is 0 Å². The highest BCUT2D eigenvalue weighted by Gasteiger charge is 2.18. The molecular formula is C18H18N2S. The van der Waals surface area contributed by atoms with Gasteiger partial charge < -0.3 is 5.73 Å². The van der Waals surface area contributed by atoms with Crippen LogP contribution in [0.15, 0.2) is 71.9 Å². The Bertz CT molecular complexity index is 725. The SMILES string of the molecule is CC(N)C(Sc1ccc2ccccc2c1)c1cccnc1. The minimum atomic E-state index is 0.0608. The van der Waals surface area contributed by atoms with Crippen LogP contribution in [0.5, 0.6) is 0 Å². The van der Waals surface area contributed by atoms with Crippen molar-refractivity contribution in [2.24, 2.45) is 5.73 Å². The average Bonchev–Trinajstić information content (AvgIpc) is 2.53. The molecule has 0 radical (unpaired) electrons. The summed E-state index contributed by atoms with van der Waals surface area (Å²) < 4.78 is 0. The van der Waals surface area contributed by atoms with Crippen molar-refractivity contribution in [1.29, 1.82) is 0 Å². The minimum Gasteiger partial charge on any atom is -0.327 e. The second-order valence-electron chi connectivity index (χ2n) is 5.19. The van der Waals surface area contributed by atoms with Crippen LogP contribution in [-0.4, -0.2) is 11.0 Å². The summed E-state index contributed by atoms with van der Waals surface area (Å²) in [6.45, 7) is 2.05. The van der Waals surface area contributed by atoms with Gasteiger partial charge in [0.15, 0.2) is 0 Å². The smallest absolute Gasteiger partial charge is 0.0508 e. The minimum absolute atomic E-state index is 0.0608. The molecule has 3 aromatic rings. The zero-order valence-corrected chi connectivity index (χ0v) is 12.8. The molecule has 0 saturated carbocycles. The van der Waals surface area contributed by atoms with Crippen LogP contribution < -0.4 is 5.73 Å². The van der Waals surface area contributed by atoms with Gasteiger partial charge in [-0.2, -0.15) is 0 Å². The molecule has 2 aromatic carbocycles. The molecule has 2 N–H and O–H groups in total. The molecule has 0 aliphatic rings. The van der Waals surface area contributed by atoms with Crippen molar-refractivity contribution in [2.75, 3.05) is 0 Å². The van der Waals surface area contributed by atoms with E-state index in [4.69, 9.17) is 5.73 Å². The average molecular weight is 294 g/mol. The molecule has 0 amide bonds. The van der Waals surface area contributed by atoms with E-state index in [1.807, 2.05) is 19.2 Å². The molecule has 0 aliphatic heterocycles. The standard InChI is InChI=1S/C18H18N2S/c1-13(19)18(16-7-4-10-20-12-16)21-17-9-8-14-5-2-3-6-15(14)11-17/h2-13,18H,19H2,1H3. The van der Waals surface area contributed by atoms with Gasteiger partial charge in [-0.15, -0.1) is 11.8 Å². The Morgan fingerprint density at radius 1 is 1.00 bits per heavy atom. The molecular weight excluding hydrogens is 276 g/mol. The van der Waals surface area contributed by atoms with Gasteiger partial charge in [0.1, 0.15) is 0 Å². The second-order valence-corrected chi connectivity index (χ2v) is 6.41. The molecule has 1 aromatic heterocycles. The highest BCUT2D eigenvalue weighted by molar-refractivity contribution is 7.99. The van der Waals surface area contributed by atoms with Gasteiger partial charge in [-0.3, -0.25) is 4.98 Å². The number of rotatable bonds is 4. The lowest BCUT2D eigenvalue weighted by Gasteiger charge is -2.20. The maximum atomic E-state index is 6.18. The maximum Gasteiger partial charge on any atom is 0.0508 e. The zero-order chi connectivity index (χ0) is 14.7. The molecule has 2 nitrogen and oxygen atoms in total. The van der Waals surface area contributed by atoms with Gasteiger partial charge in [0.2, 0.25) is 0 Å². The Labute approximate surface area is 129 Å². The van der Waals surface area contributed by atoms with Crippen molar-refractivity contribution in [2.45, 2.75) is 23.1 Å². The molecule has 2 unspecified atom stereocenters. The molecule has 106 valence electrons. The Morgan fingerprint density at radius 2 is 1.81 bits per heavy atom. The first kappa shape index (κ1) is 14.1. The van der Waals surface area contributed by atoms with E-state index in [0.717, 1.165) is 0 Å². The Morgan fingerprint density at radius 3 is 2.52 bits per heavy atom. The number of thioether (sulfide) groups is 1. The highest BCUT2D eigenvalue weighted by Crippen LogP contribution is 2.37. The van der Waals surface area contributed by atoms with Crippen molar-refractivity contribution in [1.82, 2.24) is 4.98 Å². The Balaban J connectivity index is 1.91. The van der Waals surface area contributed by atoms with Gasteiger partial charge in [0, 0.05) is 23.3 Å². The first-order valence-corrected chi connectivity index (χ1v) is 7.93. The molecule has 1 heterocycles. The summed E-state index contributed by atoms with van der Waals surface area (Å²) in [6.07, 6.45) is 3.70. The topological polar surface area (TPSA) is 38.9 Å². The van der Waals surface area contributed by atoms with Gasteiger partial charge >= 0.3 is 0 Å². The number of nitrogens with zero attached hydrogens (tertiary/aromatic N) is 1. The third kappa shape index (κ3) is 3.26. The lowest BCUT2D eigenvalue weighted by atomic mass is 10.1. The van der Waals surface area contributed by atoms with E-state index in [9.17, 15) is 0 Å². The summed E-state index contributed by atoms with van der Waals surface area (Å²) in [7, 11) is 0. The predicted molar refractivity (Wildman–Crippen MR) is 90.4 cm³/mol. The molecule has 0 bridgehead atoms. The normalized spacial score (nSPS) is 14.0. The molecule has 0 fully saturated rings. The van der Waals surface area contributed by atoms with Crippen molar-refractivity contribution < 1.29 is 0 Å². The molecule has 2 atom stereocenters. The van der Waals surface area contributed by atoms with E-state index in [1.165, 1.54) is 21.2 Å². The zero-order valence-electron chi connectivity index (χ0n) is 11.9. The van der Waals surface area contributed by atoms with Gasteiger partial charge in [0.05, 0.1) is 5.25 Å². The Kier molecular flexibility index (Phi) is 4.23. The first-order chi connectivity index (χ1) is 10.2. The fourth-order valence-corrected chi connectivity index (χ4v) is 3.54. The predicted octanol–water partition coefficient (Wildman–Crippen LogP) is 4.42.